The molecule has 1 heteroatoms. The minimum absolute atomic E-state index is 0.00509. The van der Waals surface area contributed by atoms with Gasteiger partial charge in [0.1, 0.15) is 0 Å². The molecule has 1 nitrogen and oxygen atoms in total. The summed E-state index contributed by atoms with van der Waals surface area (Å²) < 4.78 is 0. The number of benzene rings is 1. The first-order chi connectivity index (χ1) is 6.16. The zero-order valence-corrected chi connectivity index (χ0v) is 7.87. The quantitative estimate of drug-likeness (QED) is 0.495. The predicted octanol–water partition coefficient (Wildman–Crippen LogP) is 2.51. The van der Waals surface area contributed by atoms with E-state index in [9.17, 15) is 4.79 Å². The molecule has 0 saturated carbocycles. The van der Waals surface area contributed by atoms with Gasteiger partial charge in [0.05, 0.1) is 0 Å². The third-order valence-electron chi connectivity index (χ3n) is 1.87. The Morgan fingerprint density at radius 3 is 2.54 bits per heavy atom. The Morgan fingerprint density at radius 2 is 2.00 bits per heavy atom. The lowest BCUT2D eigenvalue weighted by molar-refractivity contribution is 0.0939. The van der Waals surface area contributed by atoms with Crippen LogP contribution in [0.4, 0.5) is 0 Å². The monoisotopic (exact) mass is 172 g/mol. The second-order valence-corrected chi connectivity index (χ2v) is 3.21. The fourth-order valence-electron chi connectivity index (χ4n) is 1.13. The maximum atomic E-state index is 11.6. The van der Waals surface area contributed by atoms with Crippen LogP contribution >= 0.6 is 0 Å². The van der Waals surface area contributed by atoms with E-state index in [4.69, 9.17) is 6.42 Å². The highest BCUT2D eigenvalue weighted by Crippen LogP contribution is 2.12. The van der Waals surface area contributed by atoms with Crippen molar-refractivity contribution in [2.24, 2.45) is 5.92 Å². The second kappa shape index (κ2) is 3.91. The van der Waals surface area contributed by atoms with Crippen LogP contribution in [0.3, 0.4) is 0 Å². The van der Waals surface area contributed by atoms with Crippen molar-refractivity contribution in [3.63, 3.8) is 0 Å². The molecule has 0 radical (unpaired) electrons. The van der Waals surface area contributed by atoms with Gasteiger partial charge in [0.15, 0.2) is 5.78 Å². The molecule has 0 N–H and O–H groups in total. The Balaban J connectivity index is 3.15. The third kappa shape index (κ3) is 1.97. The van der Waals surface area contributed by atoms with Crippen LogP contribution in [0.1, 0.15) is 29.8 Å². The molecular formula is C12H12O. The molecule has 0 aromatic heterocycles. The summed E-state index contributed by atoms with van der Waals surface area (Å²) in [4.78, 5) is 11.6. The van der Waals surface area contributed by atoms with Crippen molar-refractivity contribution in [1.29, 1.82) is 0 Å². The summed E-state index contributed by atoms with van der Waals surface area (Å²) in [6, 6.07) is 7.23. The van der Waals surface area contributed by atoms with E-state index in [0.29, 0.717) is 11.1 Å². The number of hydrogen-bond donors (Lipinski definition) is 0. The largest absolute Gasteiger partial charge is 0.294 e. The summed E-state index contributed by atoms with van der Waals surface area (Å²) in [7, 11) is 0. The second-order valence-electron chi connectivity index (χ2n) is 3.21. The molecule has 0 heterocycles. The van der Waals surface area contributed by atoms with E-state index in [1.165, 1.54) is 0 Å². The van der Waals surface area contributed by atoms with Gasteiger partial charge in [0.25, 0.3) is 0 Å². The molecule has 0 amide bonds. The topological polar surface area (TPSA) is 17.1 Å². The van der Waals surface area contributed by atoms with Gasteiger partial charge in [-0.1, -0.05) is 38.0 Å². The molecule has 0 saturated heterocycles. The molecule has 0 atom stereocenters. The summed E-state index contributed by atoms with van der Waals surface area (Å²) in [5, 5.41) is 0. The fourth-order valence-corrected chi connectivity index (χ4v) is 1.13. The highest BCUT2D eigenvalue weighted by Gasteiger charge is 2.12. The van der Waals surface area contributed by atoms with Gasteiger partial charge in [-0.2, -0.15) is 0 Å². The highest BCUT2D eigenvalue weighted by molar-refractivity contribution is 5.99. The van der Waals surface area contributed by atoms with E-state index in [-0.39, 0.29) is 11.7 Å². The minimum atomic E-state index is -0.00509. The van der Waals surface area contributed by atoms with Gasteiger partial charge in [0, 0.05) is 17.0 Å². The molecular weight excluding hydrogens is 160 g/mol. The lowest BCUT2D eigenvalue weighted by atomic mass is 9.97. The maximum absolute atomic E-state index is 11.6. The van der Waals surface area contributed by atoms with Gasteiger partial charge in [-0.3, -0.25) is 4.79 Å². The van der Waals surface area contributed by atoms with Gasteiger partial charge in [0.2, 0.25) is 0 Å². The average molecular weight is 172 g/mol. The van der Waals surface area contributed by atoms with E-state index >= 15 is 0 Å². The van der Waals surface area contributed by atoms with E-state index in [1.54, 1.807) is 12.1 Å². The van der Waals surface area contributed by atoms with Gasteiger partial charge in [-0.15, -0.1) is 6.42 Å². The lowest BCUT2D eigenvalue weighted by Crippen LogP contribution is -2.09. The van der Waals surface area contributed by atoms with Crippen molar-refractivity contribution in [1.82, 2.24) is 0 Å². The van der Waals surface area contributed by atoms with Gasteiger partial charge in [-0.05, 0) is 6.07 Å². The van der Waals surface area contributed by atoms with Crippen molar-refractivity contribution >= 4 is 5.78 Å². The first-order valence-corrected chi connectivity index (χ1v) is 4.26. The van der Waals surface area contributed by atoms with Crippen LogP contribution in [0.2, 0.25) is 0 Å². The number of hydrogen-bond acceptors (Lipinski definition) is 1. The fraction of sp³-hybridized carbons (Fsp3) is 0.250. The molecule has 0 aliphatic carbocycles. The molecule has 0 unspecified atom stereocenters. The van der Waals surface area contributed by atoms with Crippen LogP contribution in [0.5, 0.6) is 0 Å². The van der Waals surface area contributed by atoms with Crippen LogP contribution in [0, 0.1) is 18.3 Å². The summed E-state index contributed by atoms with van der Waals surface area (Å²) >= 11 is 0. The average Bonchev–Trinajstić information content (AvgIpc) is 2.16. The highest BCUT2D eigenvalue weighted by atomic mass is 16.1. The summed E-state index contributed by atoms with van der Waals surface area (Å²) in [6.45, 7) is 3.74. The molecule has 0 aliphatic heterocycles. The lowest BCUT2D eigenvalue weighted by Gasteiger charge is -2.05. The normalized spacial score (nSPS) is 9.69. The minimum Gasteiger partial charge on any atom is -0.294 e. The first kappa shape index (κ1) is 9.54. The Bertz CT molecular complexity index is 356. The molecule has 0 fully saturated rings. The third-order valence-corrected chi connectivity index (χ3v) is 1.87. The summed E-state index contributed by atoms with van der Waals surface area (Å²) in [6.07, 6.45) is 5.29. The molecule has 13 heavy (non-hydrogen) atoms. The number of Topliss-reactive ketones (excluding diaryl/α,β-unsaturated/α-hetero) is 1. The smallest absolute Gasteiger partial charge is 0.166 e. The first-order valence-electron chi connectivity index (χ1n) is 4.26. The summed E-state index contributed by atoms with van der Waals surface area (Å²) in [5.74, 6) is 2.61. The molecule has 0 aliphatic rings. The van der Waals surface area contributed by atoms with E-state index < -0.39 is 0 Å². The Hall–Kier alpha value is -1.55. The van der Waals surface area contributed by atoms with Crippen molar-refractivity contribution in [3.05, 3.63) is 35.4 Å². The number of terminal acetylenes is 1. The van der Waals surface area contributed by atoms with Crippen LogP contribution in [-0.4, -0.2) is 5.78 Å². The van der Waals surface area contributed by atoms with Crippen LogP contribution in [-0.2, 0) is 0 Å². The summed E-state index contributed by atoms with van der Waals surface area (Å²) in [5.41, 5.74) is 1.33. The molecule has 1 aromatic carbocycles. The molecule has 0 bridgehead atoms. The van der Waals surface area contributed by atoms with Crippen molar-refractivity contribution in [2.45, 2.75) is 13.8 Å². The van der Waals surface area contributed by atoms with Crippen molar-refractivity contribution < 1.29 is 4.79 Å². The zero-order chi connectivity index (χ0) is 9.84. The van der Waals surface area contributed by atoms with Gasteiger partial charge < -0.3 is 0 Å². The van der Waals surface area contributed by atoms with Crippen molar-refractivity contribution in [2.75, 3.05) is 0 Å². The Kier molecular flexibility index (Phi) is 2.87. The number of rotatable bonds is 2. The Morgan fingerprint density at radius 1 is 1.38 bits per heavy atom. The van der Waals surface area contributed by atoms with Crippen LogP contribution in [0.15, 0.2) is 24.3 Å². The SMILES string of the molecule is C#Cc1ccccc1C(=O)C(C)C. The molecule has 0 spiro atoms. The van der Waals surface area contributed by atoms with Gasteiger partial charge >= 0.3 is 0 Å². The molecule has 66 valence electrons. The molecule has 1 aromatic rings. The van der Waals surface area contributed by atoms with Gasteiger partial charge in [-0.25, -0.2) is 0 Å². The number of carbonyl (C=O) groups excluding carboxylic acids is 1. The maximum Gasteiger partial charge on any atom is 0.166 e. The van der Waals surface area contributed by atoms with E-state index in [1.807, 2.05) is 26.0 Å². The zero-order valence-electron chi connectivity index (χ0n) is 7.87. The van der Waals surface area contributed by atoms with E-state index in [0.717, 1.165) is 0 Å². The van der Waals surface area contributed by atoms with Crippen LogP contribution in [0.25, 0.3) is 0 Å². The molecule has 1 rings (SSSR count). The predicted molar refractivity (Wildman–Crippen MR) is 53.5 cm³/mol. The Labute approximate surface area is 78.8 Å². The standard InChI is InChI=1S/C12H12O/c1-4-10-7-5-6-8-11(10)12(13)9(2)3/h1,5-9H,2-3H3. The van der Waals surface area contributed by atoms with E-state index in [2.05, 4.69) is 5.92 Å². The number of ketones is 1. The van der Waals surface area contributed by atoms with Crippen molar-refractivity contribution in [3.8, 4) is 12.3 Å². The van der Waals surface area contributed by atoms with Crippen LogP contribution < -0.4 is 0 Å². The number of carbonyl (C=O) groups is 1.